The molecule has 44 heavy (non-hydrogen) atoms. The molecule has 0 bridgehead atoms. The van der Waals surface area contributed by atoms with Crippen LogP contribution in [0.15, 0.2) is 30.5 Å². The molecule has 2 aromatic carbocycles. The van der Waals surface area contributed by atoms with Gasteiger partial charge in [0.25, 0.3) is 0 Å². The third-order valence-corrected chi connectivity index (χ3v) is 9.23. The van der Waals surface area contributed by atoms with E-state index in [1.807, 2.05) is 0 Å². The molecule has 1 aromatic heterocycles. The van der Waals surface area contributed by atoms with Crippen LogP contribution >= 0.6 is 11.6 Å². The number of H-pyrrole nitrogens is 1. The molecule has 0 saturated carbocycles. The summed E-state index contributed by atoms with van der Waals surface area (Å²) < 4.78 is 55.1. The highest BCUT2D eigenvalue weighted by Crippen LogP contribution is 2.35. The summed E-state index contributed by atoms with van der Waals surface area (Å²) in [5.41, 5.74) is 2.69. The second kappa shape index (κ2) is 11.9. The number of carbonyl (C=O) groups excluding carboxylic acids is 3. The standard InChI is InChI=1S/C30H31ClF4N6O3/c31-23-12-18-4-5-19(28(43)40(16-30(33,34)35)15-22(18)21-14-36-38-27(21)23)13-25(42)39-9-7-20(8-10-39)41-11-6-17-2-1-3-24(32)26(17)37-29(41)44/h1-3,12,14,19-20H,4-11,13,15-16H2,(H,36,38)(H,37,44)/t19-/m0/s1. The van der Waals surface area contributed by atoms with Crippen molar-refractivity contribution in [2.75, 3.05) is 31.5 Å². The molecule has 4 amide bonds. The van der Waals surface area contributed by atoms with Gasteiger partial charge < -0.3 is 20.0 Å². The van der Waals surface area contributed by atoms with Gasteiger partial charge in [-0.2, -0.15) is 18.3 Å². The van der Waals surface area contributed by atoms with Crippen molar-refractivity contribution in [2.24, 2.45) is 5.92 Å². The maximum atomic E-state index is 14.3. The Morgan fingerprint density at radius 2 is 1.84 bits per heavy atom. The van der Waals surface area contributed by atoms with Crippen LogP contribution in [0.25, 0.3) is 10.9 Å². The van der Waals surface area contributed by atoms with Crippen LogP contribution < -0.4 is 5.32 Å². The molecule has 9 nitrogen and oxygen atoms in total. The Balaban J connectivity index is 1.13. The van der Waals surface area contributed by atoms with E-state index in [4.69, 9.17) is 11.6 Å². The Morgan fingerprint density at radius 3 is 2.59 bits per heavy atom. The highest BCUT2D eigenvalue weighted by molar-refractivity contribution is 6.35. The van der Waals surface area contributed by atoms with Gasteiger partial charge in [-0.3, -0.25) is 14.7 Å². The molecule has 3 aromatic rings. The fraction of sp³-hybridized carbons (Fsp3) is 0.467. The Bertz CT molecular complexity index is 1600. The molecule has 0 radical (unpaired) electrons. The first-order valence-electron chi connectivity index (χ1n) is 14.6. The summed E-state index contributed by atoms with van der Waals surface area (Å²) in [6.07, 6.45) is -1.32. The SMILES string of the molecule is O=C(C[C@@H]1CCc2cc(Cl)c3[nH]ncc3c2CN(CC(F)(F)F)C1=O)N1CCC(N2CCc3cccc(F)c3NC2=O)CC1. The number of aromatic amines is 1. The number of aryl methyl sites for hydroxylation is 1. The second-order valence-electron chi connectivity index (χ2n) is 11.7. The third kappa shape index (κ3) is 6.06. The largest absolute Gasteiger partial charge is 0.406 e. The smallest absolute Gasteiger partial charge is 0.343 e. The van der Waals surface area contributed by atoms with Crippen molar-refractivity contribution in [3.8, 4) is 0 Å². The summed E-state index contributed by atoms with van der Waals surface area (Å²) in [4.78, 5) is 43.9. The molecule has 0 spiro atoms. The molecule has 1 fully saturated rings. The van der Waals surface area contributed by atoms with Crippen LogP contribution in [-0.2, 0) is 29.0 Å². The first-order valence-corrected chi connectivity index (χ1v) is 15.0. The number of amides is 4. The van der Waals surface area contributed by atoms with Crippen LogP contribution in [0.1, 0.15) is 42.4 Å². The van der Waals surface area contributed by atoms with E-state index in [2.05, 4.69) is 15.5 Å². The lowest BCUT2D eigenvalue weighted by Crippen LogP contribution is -2.50. The van der Waals surface area contributed by atoms with Crippen molar-refractivity contribution >= 4 is 46.0 Å². The highest BCUT2D eigenvalue weighted by Gasteiger charge is 2.39. The summed E-state index contributed by atoms with van der Waals surface area (Å²) in [5.74, 6) is -2.44. The number of para-hydroxylation sites is 1. The normalized spacial score (nSPS) is 20.1. The zero-order valence-corrected chi connectivity index (χ0v) is 24.5. The Hall–Kier alpha value is -3.87. The topological polar surface area (TPSA) is 102 Å². The Labute approximate surface area is 255 Å². The van der Waals surface area contributed by atoms with Crippen LogP contribution in [-0.4, -0.2) is 81.1 Å². The van der Waals surface area contributed by atoms with Crippen molar-refractivity contribution in [1.29, 1.82) is 0 Å². The number of carbonyl (C=O) groups is 3. The summed E-state index contributed by atoms with van der Waals surface area (Å²) in [5, 5.41) is 10.4. The number of nitrogens with one attached hydrogen (secondary N) is 2. The molecular weight excluding hydrogens is 604 g/mol. The van der Waals surface area contributed by atoms with Gasteiger partial charge in [-0.25, -0.2) is 9.18 Å². The molecule has 1 saturated heterocycles. The number of anilines is 1. The zero-order chi connectivity index (χ0) is 31.2. The predicted octanol–water partition coefficient (Wildman–Crippen LogP) is 5.28. The number of halogens is 5. The molecular formula is C30H31ClF4N6O3. The van der Waals surface area contributed by atoms with Crippen molar-refractivity contribution in [2.45, 2.75) is 57.3 Å². The number of hydrogen-bond donors (Lipinski definition) is 2. The van der Waals surface area contributed by atoms with Crippen molar-refractivity contribution in [3.63, 3.8) is 0 Å². The van der Waals surface area contributed by atoms with Crippen LogP contribution in [0.3, 0.4) is 0 Å². The number of aromatic nitrogens is 2. The summed E-state index contributed by atoms with van der Waals surface area (Å²) in [7, 11) is 0. The lowest BCUT2D eigenvalue weighted by atomic mass is 9.88. The molecule has 4 heterocycles. The number of urea groups is 1. The maximum Gasteiger partial charge on any atom is 0.406 e. The Kier molecular flexibility index (Phi) is 8.16. The van der Waals surface area contributed by atoms with Gasteiger partial charge in [-0.15, -0.1) is 0 Å². The molecule has 234 valence electrons. The number of fused-ring (bicyclic) bond motifs is 4. The molecule has 6 rings (SSSR count). The number of likely N-dealkylation sites (tertiary alicyclic amines) is 1. The highest BCUT2D eigenvalue weighted by atomic mass is 35.5. The van der Waals surface area contributed by atoms with E-state index in [0.29, 0.717) is 66.8 Å². The van der Waals surface area contributed by atoms with Gasteiger partial charge in [0.2, 0.25) is 11.8 Å². The number of rotatable bonds is 4. The number of hydrogen-bond acceptors (Lipinski definition) is 4. The minimum Gasteiger partial charge on any atom is -0.343 e. The first-order chi connectivity index (χ1) is 21.0. The van der Waals surface area contributed by atoms with E-state index in [1.54, 1.807) is 28.0 Å². The van der Waals surface area contributed by atoms with Crippen molar-refractivity contribution in [1.82, 2.24) is 24.9 Å². The van der Waals surface area contributed by atoms with Crippen LogP contribution in [0.5, 0.6) is 0 Å². The van der Waals surface area contributed by atoms with Crippen LogP contribution in [0.2, 0.25) is 5.02 Å². The molecule has 0 unspecified atom stereocenters. The van der Waals surface area contributed by atoms with Gasteiger partial charge in [0.1, 0.15) is 12.4 Å². The van der Waals surface area contributed by atoms with E-state index < -0.39 is 36.4 Å². The van der Waals surface area contributed by atoms with Gasteiger partial charge in [0, 0.05) is 49.9 Å². The van der Waals surface area contributed by atoms with Crippen molar-refractivity contribution in [3.05, 3.63) is 58.0 Å². The summed E-state index contributed by atoms with van der Waals surface area (Å²) >= 11 is 6.40. The molecule has 3 aliphatic heterocycles. The fourth-order valence-electron chi connectivity index (χ4n) is 6.67. The lowest BCUT2D eigenvalue weighted by Gasteiger charge is -2.38. The van der Waals surface area contributed by atoms with Crippen LogP contribution in [0.4, 0.5) is 28.0 Å². The average molecular weight is 635 g/mol. The van der Waals surface area contributed by atoms with Gasteiger partial charge >= 0.3 is 12.2 Å². The van der Waals surface area contributed by atoms with E-state index in [-0.39, 0.29) is 37.0 Å². The maximum absolute atomic E-state index is 14.3. The number of piperidine rings is 1. The van der Waals surface area contributed by atoms with Gasteiger partial charge in [-0.1, -0.05) is 23.7 Å². The minimum absolute atomic E-state index is 0.164. The van der Waals surface area contributed by atoms with Gasteiger partial charge in [0.05, 0.1) is 22.4 Å². The number of benzene rings is 2. The Morgan fingerprint density at radius 1 is 1.07 bits per heavy atom. The van der Waals surface area contributed by atoms with Gasteiger partial charge in [-0.05, 0) is 60.9 Å². The average Bonchev–Trinajstić information content (AvgIpc) is 3.41. The predicted molar refractivity (Wildman–Crippen MR) is 154 cm³/mol. The summed E-state index contributed by atoms with van der Waals surface area (Å²) in [6.45, 7) is -0.641. The number of alkyl halides is 3. The van der Waals surface area contributed by atoms with Crippen LogP contribution in [0, 0.1) is 11.7 Å². The van der Waals surface area contributed by atoms with Crippen molar-refractivity contribution < 1.29 is 31.9 Å². The fourth-order valence-corrected chi connectivity index (χ4v) is 6.94. The molecule has 0 aliphatic carbocycles. The zero-order valence-electron chi connectivity index (χ0n) is 23.7. The minimum atomic E-state index is -4.62. The first kappa shape index (κ1) is 30.2. The van der Waals surface area contributed by atoms with E-state index in [0.717, 1.165) is 16.0 Å². The molecule has 1 atom stereocenters. The molecule has 14 heteroatoms. The monoisotopic (exact) mass is 634 g/mol. The third-order valence-electron chi connectivity index (χ3n) is 8.93. The van der Waals surface area contributed by atoms with E-state index in [9.17, 15) is 31.9 Å². The molecule has 2 N–H and O–H groups in total. The van der Waals surface area contributed by atoms with E-state index in [1.165, 1.54) is 12.3 Å². The lowest BCUT2D eigenvalue weighted by molar-refractivity contribution is -0.166. The summed E-state index contributed by atoms with van der Waals surface area (Å²) in [6, 6.07) is 5.82. The number of nitrogens with zero attached hydrogens (tertiary/aromatic N) is 4. The quantitative estimate of drug-likeness (QED) is 0.382. The van der Waals surface area contributed by atoms with E-state index >= 15 is 0 Å². The molecule has 3 aliphatic rings. The second-order valence-corrected chi connectivity index (χ2v) is 12.1. The van der Waals surface area contributed by atoms with Gasteiger partial charge in [0.15, 0.2) is 0 Å².